The molecule has 0 amide bonds. The van der Waals surface area contributed by atoms with E-state index in [1.54, 1.807) is 13.8 Å². The Balaban J connectivity index is 3.92. The van der Waals surface area contributed by atoms with Gasteiger partial charge in [0.05, 0.1) is 6.61 Å². The van der Waals surface area contributed by atoms with Crippen LogP contribution in [0.4, 0.5) is 0 Å². The Morgan fingerprint density at radius 2 is 2.07 bits per heavy atom. The average molecular weight is 198 g/mol. The zero-order chi connectivity index (χ0) is 11.0. The summed E-state index contributed by atoms with van der Waals surface area (Å²) in [5.74, 6) is -1.10. The van der Waals surface area contributed by atoms with Crippen molar-refractivity contribution in [2.24, 2.45) is 5.92 Å². The van der Waals surface area contributed by atoms with Crippen LogP contribution in [-0.2, 0) is 14.3 Å². The number of hydrogen-bond donors (Lipinski definition) is 0. The largest absolute Gasteiger partial charge is 0.465 e. The molecule has 0 aliphatic heterocycles. The van der Waals surface area contributed by atoms with Crippen molar-refractivity contribution in [2.75, 3.05) is 6.61 Å². The first-order chi connectivity index (χ1) is 6.63. The van der Waals surface area contributed by atoms with E-state index in [4.69, 9.17) is 4.74 Å². The van der Waals surface area contributed by atoms with Gasteiger partial charge in [-0.15, -0.1) is 0 Å². The molecule has 80 valence electrons. The summed E-state index contributed by atoms with van der Waals surface area (Å²) in [6.07, 6.45) is 4.90. The minimum Gasteiger partial charge on any atom is -0.465 e. The predicted molar refractivity (Wildman–Crippen MR) is 54.9 cm³/mol. The minimum atomic E-state index is -0.625. The van der Waals surface area contributed by atoms with Gasteiger partial charge in [-0.25, -0.2) is 0 Å². The zero-order valence-electron chi connectivity index (χ0n) is 9.08. The normalized spacial score (nSPS) is 12.8. The maximum Gasteiger partial charge on any atom is 0.316 e. The summed E-state index contributed by atoms with van der Waals surface area (Å²) < 4.78 is 4.75. The first kappa shape index (κ1) is 12.9. The SMILES string of the molecule is C/C=C\CCC(=O)C(C)C(=O)OCC. The molecule has 0 heterocycles. The molecular formula is C11H18O3. The molecule has 0 spiro atoms. The van der Waals surface area contributed by atoms with Crippen LogP contribution in [0.2, 0.25) is 0 Å². The van der Waals surface area contributed by atoms with Crippen LogP contribution in [0.5, 0.6) is 0 Å². The molecule has 0 aliphatic rings. The second-order valence-electron chi connectivity index (χ2n) is 3.05. The van der Waals surface area contributed by atoms with Gasteiger partial charge in [-0.2, -0.15) is 0 Å². The highest BCUT2D eigenvalue weighted by atomic mass is 16.5. The lowest BCUT2D eigenvalue weighted by Gasteiger charge is -2.08. The number of Topliss-reactive ketones (excluding diaryl/α,β-unsaturated/α-hetero) is 1. The van der Waals surface area contributed by atoms with Crippen LogP contribution < -0.4 is 0 Å². The van der Waals surface area contributed by atoms with Gasteiger partial charge < -0.3 is 4.74 Å². The summed E-state index contributed by atoms with van der Waals surface area (Å²) in [4.78, 5) is 22.6. The van der Waals surface area contributed by atoms with Crippen molar-refractivity contribution in [3.8, 4) is 0 Å². The molecule has 0 radical (unpaired) electrons. The Bertz CT molecular complexity index is 219. The number of carbonyl (C=O) groups excluding carboxylic acids is 2. The van der Waals surface area contributed by atoms with Crippen molar-refractivity contribution in [3.05, 3.63) is 12.2 Å². The van der Waals surface area contributed by atoms with Crippen molar-refractivity contribution >= 4 is 11.8 Å². The van der Waals surface area contributed by atoms with Crippen molar-refractivity contribution in [2.45, 2.75) is 33.6 Å². The molecule has 1 unspecified atom stereocenters. The lowest BCUT2D eigenvalue weighted by atomic mass is 10.0. The number of allylic oxidation sites excluding steroid dienone is 2. The smallest absolute Gasteiger partial charge is 0.316 e. The van der Waals surface area contributed by atoms with Crippen LogP contribution in [0, 0.1) is 5.92 Å². The maximum absolute atomic E-state index is 11.4. The molecule has 14 heavy (non-hydrogen) atoms. The topological polar surface area (TPSA) is 43.4 Å². The predicted octanol–water partition coefficient (Wildman–Crippen LogP) is 2.11. The fourth-order valence-electron chi connectivity index (χ4n) is 1.01. The summed E-state index contributed by atoms with van der Waals surface area (Å²) >= 11 is 0. The van der Waals surface area contributed by atoms with Crippen LogP contribution >= 0.6 is 0 Å². The van der Waals surface area contributed by atoms with E-state index in [9.17, 15) is 9.59 Å². The Labute approximate surface area is 85.1 Å². The first-order valence-corrected chi connectivity index (χ1v) is 4.94. The molecular weight excluding hydrogens is 180 g/mol. The molecule has 0 bridgehead atoms. The molecule has 3 nitrogen and oxygen atoms in total. The van der Waals surface area contributed by atoms with E-state index >= 15 is 0 Å². The number of ketones is 1. The first-order valence-electron chi connectivity index (χ1n) is 4.94. The molecule has 0 saturated carbocycles. The van der Waals surface area contributed by atoms with Crippen LogP contribution in [0.15, 0.2) is 12.2 Å². The third-order valence-corrected chi connectivity index (χ3v) is 1.92. The number of ether oxygens (including phenoxy) is 1. The summed E-state index contributed by atoms with van der Waals surface area (Å²) in [5, 5.41) is 0. The third-order valence-electron chi connectivity index (χ3n) is 1.92. The Morgan fingerprint density at radius 1 is 1.43 bits per heavy atom. The molecule has 0 fully saturated rings. The second-order valence-corrected chi connectivity index (χ2v) is 3.05. The van der Waals surface area contributed by atoms with Crippen LogP contribution in [0.1, 0.15) is 33.6 Å². The molecule has 0 N–H and O–H groups in total. The number of esters is 1. The quantitative estimate of drug-likeness (QED) is 0.373. The highest BCUT2D eigenvalue weighted by Crippen LogP contribution is 2.06. The van der Waals surface area contributed by atoms with E-state index in [0.29, 0.717) is 19.4 Å². The lowest BCUT2D eigenvalue weighted by molar-refractivity contribution is -0.150. The fraction of sp³-hybridized carbons (Fsp3) is 0.636. The van der Waals surface area contributed by atoms with Gasteiger partial charge in [0.1, 0.15) is 11.7 Å². The van der Waals surface area contributed by atoms with E-state index in [0.717, 1.165) is 0 Å². The van der Waals surface area contributed by atoms with E-state index in [2.05, 4.69) is 0 Å². The zero-order valence-corrected chi connectivity index (χ0v) is 9.08. The molecule has 0 aromatic carbocycles. The molecule has 0 aromatic heterocycles. The molecule has 1 atom stereocenters. The van der Waals surface area contributed by atoms with Gasteiger partial charge in [0.25, 0.3) is 0 Å². The lowest BCUT2D eigenvalue weighted by Crippen LogP contribution is -2.23. The maximum atomic E-state index is 11.4. The second kappa shape index (κ2) is 7.30. The average Bonchev–Trinajstić information content (AvgIpc) is 2.17. The van der Waals surface area contributed by atoms with Crippen LogP contribution in [0.3, 0.4) is 0 Å². The van der Waals surface area contributed by atoms with Gasteiger partial charge in [0, 0.05) is 6.42 Å². The highest BCUT2D eigenvalue weighted by molar-refractivity contribution is 5.98. The number of rotatable bonds is 6. The summed E-state index contributed by atoms with van der Waals surface area (Å²) in [7, 11) is 0. The van der Waals surface area contributed by atoms with Gasteiger partial charge in [-0.1, -0.05) is 12.2 Å². The van der Waals surface area contributed by atoms with Crippen LogP contribution in [-0.4, -0.2) is 18.4 Å². The van der Waals surface area contributed by atoms with Gasteiger partial charge in [0.15, 0.2) is 0 Å². The van der Waals surface area contributed by atoms with Gasteiger partial charge >= 0.3 is 5.97 Å². The number of carbonyl (C=O) groups is 2. The summed E-state index contributed by atoms with van der Waals surface area (Å²) in [6, 6.07) is 0. The van der Waals surface area contributed by atoms with E-state index in [-0.39, 0.29) is 5.78 Å². The minimum absolute atomic E-state index is 0.0541. The standard InChI is InChI=1S/C11H18O3/c1-4-6-7-8-10(12)9(3)11(13)14-5-2/h4,6,9H,5,7-8H2,1-3H3/b6-4-. The Morgan fingerprint density at radius 3 is 2.57 bits per heavy atom. The van der Waals surface area contributed by atoms with Crippen LogP contribution in [0.25, 0.3) is 0 Å². The van der Waals surface area contributed by atoms with Crippen molar-refractivity contribution in [3.63, 3.8) is 0 Å². The Kier molecular flexibility index (Phi) is 6.72. The Hall–Kier alpha value is -1.12. The summed E-state index contributed by atoms with van der Waals surface area (Å²) in [6.45, 7) is 5.55. The summed E-state index contributed by atoms with van der Waals surface area (Å²) in [5.41, 5.74) is 0. The van der Waals surface area contributed by atoms with Crippen molar-refractivity contribution in [1.29, 1.82) is 0 Å². The third kappa shape index (κ3) is 4.80. The van der Waals surface area contributed by atoms with Crippen molar-refractivity contribution < 1.29 is 14.3 Å². The monoisotopic (exact) mass is 198 g/mol. The molecule has 0 aromatic rings. The van der Waals surface area contributed by atoms with E-state index in [1.165, 1.54) is 0 Å². The highest BCUT2D eigenvalue weighted by Gasteiger charge is 2.21. The molecule has 0 aliphatic carbocycles. The van der Waals surface area contributed by atoms with E-state index < -0.39 is 11.9 Å². The van der Waals surface area contributed by atoms with Crippen molar-refractivity contribution in [1.82, 2.24) is 0 Å². The van der Waals surface area contributed by atoms with Gasteiger partial charge in [-0.3, -0.25) is 9.59 Å². The number of hydrogen-bond acceptors (Lipinski definition) is 3. The molecule has 0 rings (SSSR count). The van der Waals surface area contributed by atoms with Gasteiger partial charge in [-0.05, 0) is 27.2 Å². The molecule has 0 saturated heterocycles. The van der Waals surface area contributed by atoms with E-state index in [1.807, 2.05) is 19.1 Å². The fourth-order valence-corrected chi connectivity index (χ4v) is 1.01. The van der Waals surface area contributed by atoms with Gasteiger partial charge in [0.2, 0.25) is 0 Å². The molecule has 3 heteroatoms.